The smallest absolute Gasteiger partial charge is 0.269 e. The first-order chi connectivity index (χ1) is 15.5. The number of carbonyl (C=O) groups is 3. The highest BCUT2D eigenvalue weighted by Gasteiger charge is 2.07. The van der Waals surface area contributed by atoms with Gasteiger partial charge in [-0.25, -0.2) is 0 Å². The maximum Gasteiger partial charge on any atom is 0.269 e. The Kier molecular flexibility index (Phi) is 11.9. The average molecular weight is 437 g/mol. The topological polar surface area (TPSA) is 109 Å². The number of rotatable bonds is 4. The van der Waals surface area contributed by atoms with Gasteiger partial charge in [-0.2, -0.15) is 0 Å². The van der Waals surface area contributed by atoms with Gasteiger partial charge >= 0.3 is 0 Å². The van der Waals surface area contributed by atoms with E-state index in [1.54, 1.807) is 74.8 Å². The standard InChI is InChI=1S/C14H12N2O2.C8H10N2O2.C2H6/c17-13(11-7-3-1-4-8-11)15-16-14(18)12-9-5-2-6-10-12;1-9-8(11)7-5-6(12-2)3-4-10-7;1-2/h1-10H,(H,15,17)(H,16,18);3-5H,1-2H3,(H,9,11);1-2H3. The van der Waals surface area contributed by atoms with Crippen LogP contribution in [-0.2, 0) is 0 Å². The summed E-state index contributed by atoms with van der Waals surface area (Å²) in [5, 5.41) is 2.48. The Bertz CT molecular complexity index is 928. The minimum Gasteiger partial charge on any atom is -0.497 e. The van der Waals surface area contributed by atoms with E-state index < -0.39 is 0 Å². The summed E-state index contributed by atoms with van der Waals surface area (Å²) in [6.07, 6.45) is 1.53. The molecule has 0 saturated heterocycles. The van der Waals surface area contributed by atoms with Crippen LogP contribution in [-0.4, -0.2) is 36.9 Å². The highest BCUT2D eigenvalue weighted by atomic mass is 16.5. The third-order valence-electron chi connectivity index (χ3n) is 3.79. The summed E-state index contributed by atoms with van der Waals surface area (Å²) >= 11 is 0. The van der Waals surface area contributed by atoms with E-state index in [4.69, 9.17) is 4.74 Å². The maximum atomic E-state index is 11.7. The largest absolute Gasteiger partial charge is 0.497 e. The third kappa shape index (κ3) is 8.66. The first kappa shape index (κ1) is 25.8. The Morgan fingerprint density at radius 2 is 1.22 bits per heavy atom. The van der Waals surface area contributed by atoms with Crippen molar-refractivity contribution in [1.82, 2.24) is 21.2 Å². The Labute approximate surface area is 188 Å². The minimum atomic E-state index is -0.347. The van der Waals surface area contributed by atoms with Gasteiger partial charge in [0.1, 0.15) is 11.4 Å². The number of nitrogens with zero attached hydrogens (tertiary/aromatic N) is 1. The number of hydrazine groups is 1. The van der Waals surface area contributed by atoms with E-state index in [0.29, 0.717) is 22.6 Å². The van der Waals surface area contributed by atoms with Crippen molar-refractivity contribution >= 4 is 17.7 Å². The zero-order chi connectivity index (χ0) is 23.8. The van der Waals surface area contributed by atoms with E-state index in [1.807, 2.05) is 26.0 Å². The number of pyridine rings is 1. The van der Waals surface area contributed by atoms with E-state index >= 15 is 0 Å². The maximum absolute atomic E-state index is 11.7. The van der Waals surface area contributed by atoms with Crippen molar-refractivity contribution in [2.24, 2.45) is 0 Å². The highest BCUT2D eigenvalue weighted by Crippen LogP contribution is 2.09. The first-order valence-corrected chi connectivity index (χ1v) is 9.98. The molecule has 8 nitrogen and oxygen atoms in total. The van der Waals surface area contributed by atoms with Crippen molar-refractivity contribution in [3.8, 4) is 5.75 Å². The van der Waals surface area contributed by atoms with Crippen molar-refractivity contribution in [3.05, 3.63) is 95.8 Å². The Balaban J connectivity index is 0.000000318. The van der Waals surface area contributed by atoms with Crippen molar-refractivity contribution < 1.29 is 19.1 Å². The lowest BCUT2D eigenvalue weighted by Crippen LogP contribution is -2.41. The fraction of sp³-hybridized carbons (Fsp3) is 0.167. The number of hydrogen-bond donors (Lipinski definition) is 3. The summed E-state index contributed by atoms with van der Waals surface area (Å²) in [7, 11) is 3.10. The van der Waals surface area contributed by atoms with Crippen LogP contribution in [0.2, 0.25) is 0 Å². The van der Waals surface area contributed by atoms with Crippen LogP contribution in [0.1, 0.15) is 45.1 Å². The number of benzene rings is 2. The summed E-state index contributed by atoms with van der Waals surface area (Å²) in [5.74, 6) is -0.280. The molecule has 0 aliphatic carbocycles. The zero-order valence-corrected chi connectivity index (χ0v) is 18.6. The van der Waals surface area contributed by atoms with E-state index in [0.717, 1.165) is 0 Å². The molecule has 168 valence electrons. The second-order valence-corrected chi connectivity index (χ2v) is 5.80. The van der Waals surface area contributed by atoms with Gasteiger partial charge in [-0.3, -0.25) is 30.2 Å². The molecule has 3 N–H and O–H groups in total. The lowest BCUT2D eigenvalue weighted by Gasteiger charge is -2.07. The fourth-order valence-corrected chi connectivity index (χ4v) is 2.23. The predicted molar refractivity (Wildman–Crippen MR) is 123 cm³/mol. The van der Waals surface area contributed by atoms with Crippen molar-refractivity contribution in [1.29, 1.82) is 0 Å². The number of ether oxygens (including phenoxy) is 1. The highest BCUT2D eigenvalue weighted by molar-refractivity contribution is 5.99. The zero-order valence-electron chi connectivity index (χ0n) is 18.6. The quantitative estimate of drug-likeness (QED) is 0.544. The molecule has 2 aromatic carbocycles. The van der Waals surface area contributed by atoms with Crippen molar-refractivity contribution in [2.75, 3.05) is 14.2 Å². The van der Waals surface area contributed by atoms with Gasteiger partial charge < -0.3 is 10.1 Å². The normalized spacial score (nSPS) is 9.00. The van der Waals surface area contributed by atoms with Crippen LogP contribution >= 0.6 is 0 Å². The Morgan fingerprint density at radius 3 is 1.62 bits per heavy atom. The summed E-state index contributed by atoms with van der Waals surface area (Å²) in [6.45, 7) is 4.00. The number of carbonyl (C=O) groups excluding carboxylic acids is 3. The van der Waals surface area contributed by atoms with Crippen LogP contribution in [0.3, 0.4) is 0 Å². The molecule has 3 amide bonds. The predicted octanol–water partition coefficient (Wildman–Crippen LogP) is 3.24. The van der Waals surface area contributed by atoms with Crippen molar-refractivity contribution in [3.63, 3.8) is 0 Å². The monoisotopic (exact) mass is 436 g/mol. The molecule has 0 unspecified atom stereocenters. The second kappa shape index (κ2) is 14.7. The van der Waals surface area contributed by atoms with E-state index in [1.165, 1.54) is 6.20 Å². The molecule has 3 rings (SSSR count). The van der Waals surface area contributed by atoms with Gasteiger partial charge in [-0.1, -0.05) is 50.2 Å². The summed E-state index contributed by atoms with van der Waals surface area (Å²) in [4.78, 5) is 38.2. The molecule has 0 radical (unpaired) electrons. The molecule has 0 bridgehead atoms. The van der Waals surface area contributed by atoms with Gasteiger partial charge in [-0.05, 0) is 30.3 Å². The first-order valence-electron chi connectivity index (χ1n) is 9.98. The SMILES string of the molecule is CC.CNC(=O)c1cc(OC)ccn1.O=C(NNC(=O)c1ccccc1)c1ccccc1. The second-order valence-electron chi connectivity index (χ2n) is 5.80. The van der Waals surface area contributed by atoms with Crippen LogP contribution in [0.25, 0.3) is 0 Å². The number of amides is 3. The summed E-state index contributed by atoms with van der Waals surface area (Å²) < 4.78 is 4.93. The van der Waals surface area contributed by atoms with Gasteiger partial charge in [0.2, 0.25) is 0 Å². The van der Waals surface area contributed by atoms with Gasteiger partial charge in [0.05, 0.1) is 7.11 Å². The molecule has 0 saturated carbocycles. The summed E-state index contributed by atoms with van der Waals surface area (Å²) in [5.41, 5.74) is 6.06. The van der Waals surface area contributed by atoms with Crippen LogP contribution < -0.4 is 20.9 Å². The van der Waals surface area contributed by atoms with Crippen molar-refractivity contribution in [2.45, 2.75) is 13.8 Å². The molecule has 8 heteroatoms. The molecule has 0 aliphatic heterocycles. The summed E-state index contributed by atoms with van der Waals surface area (Å²) in [6, 6.07) is 20.6. The molecule has 1 heterocycles. The molecule has 1 aromatic heterocycles. The fourth-order valence-electron chi connectivity index (χ4n) is 2.23. The molecule has 0 atom stereocenters. The van der Waals surface area contributed by atoms with Gasteiger partial charge in [0.25, 0.3) is 17.7 Å². The third-order valence-corrected chi connectivity index (χ3v) is 3.79. The van der Waals surface area contributed by atoms with E-state index in [2.05, 4.69) is 21.2 Å². The molecule has 0 spiro atoms. The number of hydrogen-bond acceptors (Lipinski definition) is 5. The molecular formula is C24H28N4O4. The van der Waals surface area contributed by atoms with Gasteiger partial charge in [-0.15, -0.1) is 0 Å². The lowest BCUT2D eigenvalue weighted by atomic mass is 10.2. The molecule has 32 heavy (non-hydrogen) atoms. The van der Waals surface area contributed by atoms with Crippen LogP contribution in [0.15, 0.2) is 79.0 Å². The van der Waals surface area contributed by atoms with Crippen LogP contribution in [0.4, 0.5) is 0 Å². The number of nitrogens with one attached hydrogen (secondary N) is 3. The van der Waals surface area contributed by atoms with E-state index in [9.17, 15) is 14.4 Å². The Morgan fingerprint density at radius 1 is 0.750 bits per heavy atom. The van der Waals surface area contributed by atoms with Crippen LogP contribution in [0, 0.1) is 0 Å². The van der Waals surface area contributed by atoms with E-state index in [-0.39, 0.29) is 17.7 Å². The number of methoxy groups -OCH3 is 1. The molecule has 3 aromatic rings. The molecule has 0 fully saturated rings. The average Bonchev–Trinajstić information content (AvgIpc) is 2.89. The van der Waals surface area contributed by atoms with Gasteiger partial charge in [0, 0.05) is 30.4 Å². The van der Waals surface area contributed by atoms with Gasteiger partial charge in [0.15, 0.2) is 0 Å². The van der Waals surface area contributed by atoms with Crippen LogP contribution in [0.5, 0.6) is 5.75 Å². The Hall–Kier alpha value is -4.20. The lowest BCUT2D eigenvalue weighted by molar-refractivity contribution is 0.0846. The molecular weight excluding hydrogens is 408 g/mol. The minimum absolute atomic E-state index is 0.214. The number of aromatic nitrogens is 1. The molecule has 0 aliphatic rings.